The maximum Gasteiger partial charge on any atom is 0.300 e. The van der Waals surface area contributed by atoms with Crippen LogP contribution in [0.15, 0.2) is 29.3 Å². The number of para-hydroxylation sites is 1. The van der Waals surface area contributed by atoms with Crippen molar-refractivity contribution in [3.63, 3.8) is 0 Å². The van der Waals surface area contributed by atoms with Crippen LogP contribution in [0.1, 0.15) is 12.5 Å². The molecule has 0 spiro atoms. The van der Waals surface area contributed by atoms with Crippen molar-refractivity contribution >= 4 is 17.9 Å². The summed E-state index contributed by atoms with van der Waals surface area (Å²) in [5.74, 6) is -0.833. The summed E-state index contributed by atoms with van der Waals surface area (Å²) in [5, 5.41) is 10.6. The van der Waals surface area contributed by atoms with E-state index in [1.54, 1.807) is 0 Å². The Labute approximate surface area is 82.3 Å². The first kappa shape index (κ1) is 10.2. The second kappa shape index (κ2) is 5.01. The smallest absolute Gasteiger partial charge is 0.300 e. The molecule has 0 amide bonds. The third-order valence-corrected chi connectivity index (χ3v) is 1.55. The van der Waals surface area contributed by atoms with Gasteiger partial charge in [-0.3, -0.25) is 9.79 Å². The first-order valence-corrected chi connectivity index (χ1v) is 4.22. The highest BCUT2D eigenvalue weighted by atomic mass is 16.4. The van der Waals surface area contributed by atoms with Crippen LogP contribution in [-0.4, -0.2) is 24.0 Å². The molecule has 0 saturated carbocycles. The van der Waals surface area contributed by atoms with Crippen molar-refractivity contribution in [2.45, 2.75) is 6.92 Å². The number of carbonyl (C=O) groups is 1. The molecule has 0 aliphatic carbocycles. The summed E-state index contributed by atoms with van der Waals surface area (Å²) in [6, 6.07) is 8.13. The molecule has 0 unspecified atom stereocenters. The van der Waals surface area contributed by atoms with Crippen molar-refractivity contribution in [1.29, 1.82) is 0 Å². The lowest BCUT2D eigenvalue weighted by Gasteiger charge is -2.10. The first-order chi connectivity index (χ1) is 6.70. The molecule has 4 heteroatoms. The monoisotopic (exact) mass is 192 g/mol. The SMILES string of the molecule is C1=NCNc2ccccc21.CC(=O)O. The molecule has 4 nitrogen and oxygen atoms in total. The van der Waals surface area contributed by atoms with Crippen LogP contribution in [0, 0.1) is 0 Å². The van der Waals surface area contributed by atoms with Crippen molar-refractivity contribution in [1.82, 2.24) is 0 Å². The second-order valence-electron chi connectivity index (χ2n) is 2.75. The highest BCUT2D eigenvalue weighted by molar-refractivity contribution is 5.89. The molecule has 0 saturated heterocycles. The molecule has 1 aromatic carbocycles. The molecule has 0 fully saturated rings. The maximum absolute atomic E-state index is 9.00. The van der Waals surface area contributed by atoms with Crippen LogP contribution in [0.25, 0.3) is 0 Å². The highest BCUT2D eigenvalue weighted by Crippen LogP contribution is 2.14. The quantitative estimate of drug-likeness (QED) is 0.656. The van der Waals surface area contributed by atoms with Gasteiger partial charge in [-0.05, 0) is 6.07 Å². The van der Waals surface area contributed by atoms with E-state index >= 15 is 0 Å². The van der Waals surface area contributed by atoms with E-state index in [0.717, 1.165) is 6.92 Å². The summed E-state index contributed by atoms with van der Waals surface area (Å²) in [7, 11) is 0. The van der Waals surface area contributed by atoms with E-state index in [-0.39, 0.29) is 0 Å². The Morgan fingerprint density at radius 1 is 1.50 bits per heavy atom. The van der Waals surface area contributed by atoms with Gasteiger partial charge in [-0.2, -0.15) is 0 Å². The van der Waals surface area contributed by atoms with Gasteiger partial charge in [0.2, 0.25) is 0 Å². The zero-order valence-electron chi connectivity index (χ0n) is 7.90. The fourth-order valence-electron chi connectivity index (χ4n) is 1.05. The molecule has 0 bridgehead atoms. The van der Waals surface area contributed by atoms with Crippen LogP contribution < -0.4 is 5.32 Å². The van der Waals surface area contributed by atoms with Gasteiger partial charge in [0.15, 0.2) is 0 Å². The van der Waals surface area contributed by atoms with Crippen LogP contribution in [-0.2, 0) is 4.79 Å². The summed E-state index contributed by atoms with van der Waals surface area (Å²) in [6.45, 7) is 1.79. The van der Waals surface area contributed by atoms with Gasteiger partial charge < -0.3 is 10.4 Å². The van der Waals surface area contributed by atoms with Crippen molar-refractivity contribution < 1.29 is 9.90 Å². The number of nitrogens with zero attached hydrogens (tertiary/aromatic N) is 1. The van der Waals surface area contributed by atoms with Crippen LogP contribution >= 0.6 is 0 Å². The lowest BCUT2D eigenvalue weighted by Crippen LogP contribution is -2.06. The summed E-state index contributed by atoms with van der Waals surface area (Å²) in [6.07, 6.45) is 1.89. The molecule has 2 N–H and O–H groups in total. The third-order valence-electron chi connectivity index (χ3n) is 1.55. The molecular weight excluding hydrogens is 180 g/mol. The fourth-order valence-corrected chi connectivity index (χ4v) is 1.05. The van der Waals surface area contributed by atoms with E-state index < -0.39 is 5.97 Å². The van der Waals surface area contributed by atoms with E-state index in [9.17, 15) is 0 Å². The van der Waals surface area contributed by atoms with Gasteiger partial charge in [-0.25, -0.2) is 0 Å². The summed E-state index contributed by atoms with van der Waals surface area (Å²) in [4.78, 5) is 13.1. The number of fused-ring (bicyclic) bond motifs is 1. The number of nitrogens with one attached hydrogen (secondary N) is 1. The average molecular weight is 192 g/mol. The van der Waals surface area contributed by atoms with Gasteiger partial charge in [0.1, 0.15) is 6.67 Å². The van der Waals surface area contributed by atoms with Crippen molar-refractivity contribution in [2.24, 2.45) is 4.99 Å². The number of carboxylic acid groups (broad SMARTS) is 1. The zero-order chi connectivity index (χ0) is 10.4. The minimum Gasteiger partial charge on any atom is -0.481 e. The number of anilines is 1. The summed E-state index contributed by atoms with van der Waals surface area (Å²) >= 11 is 0. The number of aliphatic carboxylic acids is 1. The Hall–Kier alpha value is -1.84. The number of carboxylic acids is 1. The topological polar surface area (TPSA) is 61.7 Å². The molecule has 2 rings (SSSR count). The molecule has 0 atom stereocenters. The van der Waals surface area contributed by atoms with Gasteiger partial charge in [0.25, 0.3) is 5.97 Å². The van der Waals surface area contributed by atoms with E-state index in [2.05, 4.69) is 16.4 Å². The normalized spacial score (nSPS) is 11.8. The van der Waals surface area contributed by atoms with Gasteiger partial charge in [0.05, 0.1) is 0 Å². The fraction of sp³-hybridized carbons (Fsp3) is 0.200. The van der Waals surface area contributed by atoms with Gasteiger partial charge in [0, 0.05) is 24.4 Å². The molecule has 14 heavy (non-hydrogen) atoms. The summed E-state index contributed by atoms with van der Waals surface area (Å²) < 4.78 is 0. The molecule has 1 aliphatic heterocycles. The Bertz CT molecular complexity index is 344. The number of rotatable bonds is 0. The molecule has 0 radical (unpaired) electrons. The van der Waals surface area contributed by atoms with Gasteiger partial charge in [-0.15, -0.1) is 0 Å². The van der Waals surface area contributed by atoms with Crippen molar-refractivity contribution in [3.05, 3.63) is 29.8 Å². The van der Waals surface area contributed by atoms with Crippen molar-refractivity contribution in [2.75, 3.05) is 12.0 Å². The highest BCUT2D eigenvalue weighted by Gasteiger charge is 1.99. The van der Waals surface area contributed by atoms with Crippen LogP contribution in [0.3, 0.4) is 0 Å². The molecule has 1 aromatic rings. The molecule has 74 valence electrons. The first-order valence-electron chi connectivity index (χ1n) is 4.22. The maximum atomic E-state index is 9.00. The van der Waals surface area contributed by atoms with Crippen molar-refractivity contribution in [3.8, 4) is 0 Å². The predicted molar refractivity (Wildman–Crippen MR) is 55.8 cm³/mol. The van der Waals surface area contributed by atoms with Gasteiger partial charge >= 0.3 is 0 Å². The zero-order valence-corrected chi connectivity index (χ0v) is 7.90. The van der Waals surface area contributed by atoms with E-state index in [4.69, 9.17) is 9.90 Å². The third kappa shape index (κ3) is 3.26. The summed E-state index contributed by atoms with van der Waals surface area (Å²) in [5.41, 5.74) is 2.35. The standard InChI is InChI=1S/C8H8N2.C2H4O2/c1-2-4-8-7(3-1)5-9-6-10-8;1-2(3)4/h1-5,10H,6H2;1H3,(H,3,4). The Kier molecular flexibility index (Phi) is 3.67. The lowest BCUT2D eigenvalue weighted by molar-refractivity contribution is -0.134. The molecule has 0 aromatic heterocycles. The van der Waals surface area contributed by atoms with Crippen LogP contribution in [0.5, 0.6) is 0 Å². The molecule has 1 aliphatic rings. The van der Waals surface area contributed by atoms with E-state index in [1.807, 2.05) is 24.4 Å². The second-order valence-corrected chi connectivity index (χ2v) is 2.75. The molecular formula is C10H12N2O2. The number of aliphatic imine (C=N–C) groups is 1. The molecule has 1 heterocycles. The van der Waals surface area contributed by atoms with E-state index in [1.165, 1.54) is 11.3 Å². The Morgan fingerprint density at radius 3 is 2.79 bits per heavy atom. The Balaban J connectivity index is 0.000000213. The van der Waals surface area contributed by atoms with Crippen LogP contribution in [0.4, 0.5) is 5.69 Å². The number of hydrogen-bond acceptors (Lipinski definition) is 3. The minimum absolute atomic E-state index is 0.705. The van der Waals surface area contributed by atoms with E-state index in [0.29, 0.717) is 6.67 Å². The number of hydrogen-bond donors (Lipinski definition) is 2. The lowest BCUT2D eigenvalue weighted by atomic mass is 10.2. The minimum atomic E-state index is -0.833. The average Bonchev–Trinajstić information content (AvgIpc) is 2.17. The largest absolute Gasteiger partial charge is 0.481 e. The predicted octanol–water partition coefficient (Wildman–Crippen LogP) is 1.58. The Morgan fingerprint density at radius 2 is 2.14 bits per heavy atom. The van der Waals surface area contributed by atoms with Gasteiger partial charge in [-0.1, -0.05) is 18.2 Å². The van der Waals surface area contributed by atoms with Crippen LogP contribution in [0.2, 0.25) is 0 Å². The number of benzene rings is 1.